The zero-order valence-electron chi connectivity index (χ0n) is 11.1. The number of nitrogens with zero attached hydrogens (tertiary/aromatic N) is 1. The van der Waals surface area contributed by atoms with Gasteiger partial charge in [0.15, 0.2) is 0 Å². The van der Waals surface area contributed by atoms with Gasteiger partial charge in [0, 0.05) is 12.1 Å². The molecule has 1 N–H and O–H groups in total. The van der Waals surface area contributed by atoms with Gasteiger partial charge < -0.3 is 14.7 Å². The molecule has 5 nitrogen and oxygen atoms in total. The van der Waals surface area contributed by atoms with Crippen LogP contribution in [-0.4, -0.2) is 47.7 Å². The molecule has 1 aliphatic rings. The molecule has 0 saturated carbocycles. The maximum absolute atomic E-state index is 12.5. The van der Waals surface area contributed by atoms with Crippen LogP contribution in [0.5, 0.6) is 0 Å². The highest BCUT2D eigenvalue weighted by Gasteiger charge is 2.27. The first-order valence-corrected chi connectivity index (χ1v) is 6.84. The third kappa shape index (κ3) is 2.94. The first-order valence-electron chi connectivity index (χ1n) is 6.46. The van der Waals surface area contributed by atoms with Crippen molar-refractivity contribution in [2.24, 2.45) is 0 Å². The molecule has 0 aromatic heterocycles. The SMILES string of the molecule is CCC1COCCN1C(=O)c1ccc(Cl)c(C(=O)O)c1. The molecule has 1 aromatic rings. The molecule has 1 heterocycles. The van der Waals surface area contributed by atoms with E-state index >= 15 is 0 Å². The van der Waals surface area contributed by atoms with Gasteiger partial charge in [-0.15, -0.1) is 0 Å². The van der Waals surface area contributed by atoms with Crippen LogP contribution in [0.1, 0.15) is 34.1 Å². The van der Waals surface area contributed by atoms with E-state index in [1.165, 1.54) is 12.1 Å². The van der Waals surface area contributed by atoms with Crippen molar-refractivity contribution >= 4 is 23.5 Å². The summed E-state index contributed by atoms with van der Waals surface area (Å²) in [4.78, 5) is 25.3. The van der Waals surface area contributed by atoms with Crippen molar-refractivity contribution in [2.75, 3.05) is 19.8 Å². The molecule has 1 fully saturated rings. The van der Waals surface area contributed by atoms with Crippen LogP contribution < -0.4 is 0 Å². The van der Waals surface area contributed by atoms with E-state index in [-0.39, 0.29) is 22.5 Å². The molecule has 0 spiro atoms. The van der Waals surface area contributed by atoms with Crippen LogP contribution in [0, 0.1) is 0 Å². The number of amides is 1. The van der Waals surface area contributed by atoms with Crippen LogP contribution in [0.2, 0.25) is 5.02 Å². The molecule has 0 bridgehead atoms. The van der Waals surface area contributed by atoms with E-state index in [2.05, 4.69) is 0 Å². The summed E-state index contributed by atoms with van der Waals surface area (Å²) in [6.45, 7) is 3.52. The molecule has 1 amide bonds. The Labute approximate surface area is 122 Å². The normalized spacial score (nSPS) is 18.9. The lowest BCUT2D eigenvalue weighted by Gasteiger charge is -2.35. The average molecular weight is 298 g/mol. The molecule has 0 aliphatic carbocycles. The second kappa shape index (κ2) is 6.24. The molecule has 1 aliphatic heterocycles. The Balaban J connectivity index is 2.28. The van der Waals surface area contributed by atoms with Crippen molar-refractivity contribution in [1.29, 1.82) is 0 Å². The monoisotopic (exact) mass is 297 g/mol. The third-order valence-electron chi connectivity index (χ3n) is 3.40. The number of carbonyl (C=O) groups is 2. The molecule has 1 saturated heterocycles. The average Bonchev–Trinajstić information content (AvgIpc) is 2.46. The number of hydrogen-bond acceptors (Lipinski definition) is 3. The van der Waals surface area contributed by atoms with E-state index in [1.54, 1.807) is 11.0 Å². The highest BCUT2D eigenvalue weighted by atomic mass is 35.5. The van der Waals surface area contributed by atoms with Gasteiger partial charge in [-0.05, 0) is 24.6 Å². The molecule has 0 radical (unpaired) electrons. The molecular formula is C14H16ClNO4. The Morgan fingerprint density at radius 1 is 1.50 bits per heavy atom. The van der Waals surface area contributed by atoms with Gasteiger partial charge in [-0.1, -0.05) is 18.5 Å². The molecule has 2 rings (SSSR count). The Morgan fingerprint density at radius 3 is 2.90 bits per heavy atom. The van der Waals surface area contributed by atoms with E-state index in [0.29, 0.717) is 25.3 Å². The number of carboxylic acid groups (broad SMARTS) is 1. The predicted molar refractivity (Wildman–Crippen MR) is 74.3 cm³/mol. The number of halogens is 1. The van der Waals surface area contributed by atoms with Gasteiger partial charge in [0.1, 0.15) is 0 Å². The van der Waals surface area contributed by atoms with Gasteiger partial charge in [0.2, 0.25) is 0 Å². The van der Waals surface area contributed by atoms with Crippen molar-refractivity contribution in [3.63, 3.8) is 0 Å². The van der Waals surface area contributed by atoms with Crippen molar-refractivity contribution in [3.05, 3.63) is 34.3 Å². The van der Waals surface area contributed by atoms with Gasteiger partial charge in [0.05, 0.1) is 29.8 Å². The minimum Gasteiger partial charge on any atom is -0.478 e. The quantitative estimate of drug-likeness (QED) is 0.929. The zero-order chi connectivity index (χ0) is 14.7. The van der Waals surface area contributed by atoms with Gasteiger partial charge in [0.25, 0.3) is 5.91 Å². The minimum atomic E-state index is -1.14. The van der Waals surface area contributed by atoms with Gasteiger partial charge in [-0.3, -0.25) is 4.79 Å². The van der Waals surface area contributed by atoms with Crippen molar-refractivity contribution in [1.82, 2.24) is 4.90 Å². The largest absolute Gasteiger partial charge is 0.478 e. The summed E-state index contributed by atoms with van der Waals surface area (Å²) in [5.74, 6) is -1.32. The number of hydrogen-bond donors (Lipinski definition) is 1. The zero-order valence-corrected chi connectivity index (χ0v) is 11.9. The fourth-order valence-corrected chi connectivity index (χ4v) is 2.45. The number of morpholine rings is 1. The summed E-state index contributed by atoms with van der Waals surface area (Å²) in [5, 5.41) is 9.18. The van der Waals surface area contributed by atoms with Crippen LogP contribution in [0.25, 0.3) is 0 Å². The number of aromatic carboxylic acids is 1. The fourth-order valence-electron chi connectivity index (χ4n) is 2.25. The second-order valence-electron chi connectivity index (χ2n) is 4.64. The summed E-state index contributed by atoms with van der Waals surface area (Å²) in [6, 6.07) is 4.36. The Morgan fingerprint density at radius 2 is 2.25 bits per heavy atom. The Kier molecular flexibility index (Phi) is 4.62. The lowest BCUT2D eigenvalue weighted by atomic mass is 10.1. The van der Waals surface area contributed by atoms with E-state index in [4.69, 9.17) is 21.4 Å². The van der Waals surface area contributed by atoms with E-state index < -0.39 is 5.97 Å². The number of rotatable bonds is 3. The summed E-state index contributed by atoms with van der Waals surface area (Å²) < 4.78 is 5.36. The summed E-state index contributed by atoms with van der Waals surface area (Å²) >= 11 is 5.81. The molecule has 1 aromatic carbocycles. The molecule has 1 atom stereocenters. The van der Waals surface area contributed by atoms with E-state index in [1.807, 2.05) is 6.92 Å². The summed E-state index contributed by atoms with van der Waals surface area (Å²) in [6.07, 6.45) is 0.797. The lowest BCUT2D eigenvalue weighted by Crippen LogP contribution is -2.48. The molecular weight excluding hydrogens is 282 g/mol. The topological polar surface area (TPSA) is 66.8 Å². The first kappa shape index (κ1) is 14.8. The predicted octanol–water partition coefficient (Wildman–Crippen LogP) is 2.29. The highest BCUT2D eigenvalue weighted by molar-refractivity contribution is 6.33. The number of carbonyl (C=O) groups excluding carboxylic acids is 1. The second-order valence-corrected chi connectivity index (χ2v) is 5.04. The highest BCUT2D eigenvalue weighted by Crippen LogP contribution is 2.20. The van der Waals surface area contributed by atoms with Gasteiger partial charge in [-0.25, -0.2) is 4.79 Å². The lowest BCUT2D eigenvalue weighted by molar-refractivity contribution is -0.00279. The molecule has 1 unspecified atom stereocenters. The fraction of sp³-hybridized carbons (Fsp3) is 0.429. The van der Waals surface area contributed by atoms with Crippen LogP contribution in [0.3, 0.4) is 0 Å². The molecule has 6 heteroatoms. The Bertz CT molecular complexity index is 532. The van der Waals surface area contributed by atoms with Crippen LogP contribution in [0.15, 0.2) is 18.2 Å². The maximum atomic E-state index is 12.5. The van der Waals surface area contributed by atoms with Crippen molar-refractivity contribution in [3.8, 4) is 0 Å². The van der Waals surface area contributed by atoms with Crippen LogP contribution in [-0.2, 0) is 4.74 Å². The van der Waals surface area contributed by atoms with Gasteiger partial charge >= 0.3 is 5.97 Å². The van der Waals surface area contributed by atoms with Gasteiger partial charge in [-0.2, -0.15) is 0 Å². The molecule has 108 valence electrons. The first-order chi connectivity index (χ1) is 9.54. The van der Waals surface area contributed by atoms with E-state index in [9.17, 15) is 9.59 Å². The third-order valence-corrected chi connectivity index (χ3v) is 3.73. The maximum Gasteiger partial charge on any atom is 0.337 e. The number of carboxylic acids is 1. The smallest absolute Gasteiger partial charge is 0.337 e. The number of benzene rings is 1. The van der Waals surface area contributed by atoms with Crippen molar-refractivity contribution < 1.29 is 19.4 Å². The molecule has 20 heavy (non-hydrogen) atoms. The van der Waals surface area contributed by atoms with Crippen LogP contribution in [0.4, 0.5) is 0 Å². The minimum absolute atomic E-state index is 0.0280. The number of ether oxygens (including phenoxy) is 1. The summed E-state index contributed by atoms with van der Waals surface area (Å²) in [5.41, 5.74) is 0.283. The van der Waals surface area contributed by atoms with Crippen molar-refractivity contribution in [2.45, 2.75) is 19.4 Å². The van der Waals surface area contributed by atoms with Crippen LogP contribution >= 0.6 is 11.6 Å². The summed E-state index contributed by atoms with van der Waals surface area (Å²) in [7, 11) is 0. The van der Waals surface area contributed by atoms with E-state index in [0.717, 1.165) is 6.42 Å². The standard InChI is InChI=1S/C14H16ClNO4/c1-2-10-8-20-6-5-16(10)13(17)9-3-4-12(15)11(7-9)14(18)19/h3-4,7,10H,2,5-6,8H2,1H3,(H,18,19). The Hall–Kier alpha value is -1.59.